The first-order valence-corrected chi connectivity index (χ1v) is 15.5. The van der Waals surface area contributed by atoms with E-state index in [9.17, 15) is 21.4 Å². The SMILES string of the molecule is CCCCCCCCCCCCCCOS(=O)(=O)C(c1ccccc1)(c1ccccc1)S(=O)(=O)[O-].[Na+]. The van der Waals surface area contributed by atoms with E-state index in [0.29, 0.717) is 6.42 Å². The zero-order valence-corrected chi connectivity index (χ0v) is 25.4. The van der Waals surface area contributed by atoms with Crippen LogP contribution in [0.2, 0.25) is 0 Å². The Bertz CT molecular complexity index is 1020. The monoisotopic (exact) mass is 546 g/mol. The maximum Gasteiger partial charge on any atom is 1.00 e. The normalized spacial score (nSPS) is 12.3. The summed E-state index contributed by atoms with van der Waals surface area (Å²) < 4.78 is 67.0. The topological polar surface area (TPSA) is 101 Å². The van der Waals surface area contributed by atoms with Crippen LogP contribution >= 0.6 is 0 Å². The maximum atomic E-state index is 13.4. The van der Waals surface area contributed by atoms with Gasteiger partial charge in [-0.25, -0.2) is 8.42 Å². The molecule has 0 spiro atoms. The van der Waals surface area contributed by atoms with Crippen LogP contribution in [0.1, 0.15) is 95.1 Å². The summed E-state index contributed by atoms with van der Waals surface area (Å²) in [6, 6.07) is 14.5. The molecule has 36 heavy (non-hydrogen) atoms. The Balaban J connectivity index is 0.00000648. The van der Waals surface area contributed by atoms with Gasteiger partial charge in [0.1, 0.15) is 10.1 Å². The third-order valence-corrected chi connectivity index (χ3v) is 10.3. The quantitative estimate of drug-likeness (QED) is 0.123. The first kappa shape index (κ1) is 33.3. The zero-order valence-electron chi connectivity index (χ0n) is 21.7. The van der Waals surface area contributed by atoms with Crippen molar-refractivity contribution in [2.24, 2.45) is 0 Å². The largest absolute Gasteiger partial charge is 1.00 e. The molecular weight excluding hydrogens is 507 g/mol. The Hall–Kier alpha value is -0.740. The molecule has 0 heterocycles. The summed E-state index contributed by atoms with van der Waals surface area (Å²) in [7, 11) is -10.3. The van der Waals surface area contributed by atoms with Crippen molar-refractivity contribution in [1.29, 1.82) is 0 Å². The van der Waals surface area contributed by atoms with Crippen molar-refractivity contribution in [1.82, 2.24) is 0 Å². The fourth-order valence-corrected chi connectivity index (χ4v) is 7.73. The second-order valence-electron chi connectivity index (χ2n) is 8.97. The van der Waals surface area contributed by atoms with Crippen molar-refractivity contribution in [3.8, 4) is 0 Å². The molecule has 0 saturated heterocycles. The van der Waals surface area contributed by atoms with Gasteiger partial charge in [-0.05, 0) is 17.5 Å². The van der Waals surface area contributed by atoms with Gasteiger partial charge in [-0.3, -0.25) is 4.18 Å². The summed E-state index contributed by atoms with van der Waals surface area (Å²) in [5.74, 6) is 0. The standard InChI is InChI=1S/C27H40O6S2.Na/c1-2-3-4-5-6-7-8-9-10-11-12-19-24-33-35(31,32)27(34(28,29)30,25-20-15-13-16-21-25)26-22-17-14-18-23-26;/h13-18,20-23H,2-12,19,24H2,1H3,(H,28,29,30);/q;+1/p-1. The van der Waals surface area contributed by atoms with Gasteiger partial charge in [0.15, 0.2) is 0 Å². The van der Waals surface area contributed by atoms with E-state index in [0.717, 1.165) is 25.7 Å². The van der Waals surface area contributed by atoms with E-state index in [2.05, 4.69) is 6.92 Å². The average Bonchev–Trinajstić information content (AvgIpc) is 2.83. The number of hydrogen-bond acceptors (Lipinski definition) is 6. The fourth-order valence-electron chi connectivity index (χ4n) is 4.38. The second-order valence-corrected chi connectivity index (χ2v) is 12.5. The van der Waals surface area contributed by atoms with Crippen molar-refractivity contribution < 1.29 is 55.1 Å². The Morgan fingerprint density at radius 1 is 0.639 bits per heavy atom. The molecule has 0 saturated carbocycles. The summed E-state index contributed by atoms with van der Waals surface area (Å²) in [4.78, 5) is 0. The Labute approximate surface area is 240 Å². The average molecular weight is 547 g/mol. The molecule has 0 amide bonds. The predicted octanol–water partition coefficient (Wildman–Crippen LogP) is 3.48. The first-order valence-electron chi connectivity index (χ1n) is 12.7. The van der Waals surface area contributed by atoms with Gasteiger partial charge in [-0.15, -0.1) is 0 Å². The number of benzene rings is 2. The van der Waals surface area contributed by atoms with Crippen LogP contribution in [0.5, 0.6) is 0 Å². The van der Waals surface area contributed by atoms with E-state index in [1.165, 1.54) is 93.5 Å². The van der Waals surface area contributed by atoms with Gasteiger partial charge in [0.05, 0.1) is 6.61 Å². The van der Waals surface area contributed by atoms with Crippen LogP contribution in [0.4, 0.5) is 0 Å². The van der Waals surface area contributed by atoms with Crippen LogP contribution in [0.25, 0.3) is 0 Å². The summed E-state index contributed by atoms with van der Waals surface area (Å²) in [6.07, 6.45) is 13.4. The summed E-state index contributed by atoms with van der Waals surface area (Å²) >= 11 is 0. The molecule has 2 rings (SSSR count). The van der Waals surface area contributed by atoms with Crippen molar-refractivity contribution in [2.45, 2.75) is 88.1 Å². The molecule has 0 bridgehead atoms. The molecule has 0 aliphatic carbocycles. The molecule has 0 atom stereocenters. The van der Waals surface area contributed by atoms with Crippen LogP contribution in [-0.2, 0) is 28.5 Å². The van der Waals surface area contributed by atoms with E-state index < -0.39 is 24.3 Å². The third-order valence-electron chi connectivity index (χ3n) is 6.25. The van der Waals surface area contributed by atoms with Crippen LogP contribution in [0, 0.1) is 0 Å². The van der Waals surface area contributed by atoms with Gasteiger partial charge in [0.2, 0.25) is 4.08 Å². The van der Waals surface area contributed by atoms with E-state index >= 15 is 0 Å². The molecule has 0 radical (unpaired) electrons. The molecule has 196 valence electrons. The molecule has 0 N–H and O–H groups in total. The fraction of sp³-hybridized carbons (Fsp3) is 0.556. The smallest absolute Gasteiger partial charge is 0.746 e. The van der Waals surface area contributed by atoms with Crippen LogP contribution in [0.3, 0.4) is 0 Å². The van der Waals surface area contributed by atoms with Crippen LogP contribution < -0.4 is 29.6 Å². The number of hydrogen-bond donors (Lipinski definition) is 0. The molecule has 0 fully saturated rings. The third kappa shape index (κ3) is 9.22. The Kier molecular flexibility index (Phi) is 15.7. The van der Waals surface area contributed by atoms with E-state index in [4.69, 9.17) is 4.18 Å². The Morgan fingerprint density at radius 3 is 1.36 bits per heavy atom. The van der Waals surface area contributed by atoms with Gasteiger partial charge < -0.3 is 4.55 Å². The van der Waals surface area contributed by atoms with Gasteiger partial charge in [-0.1, -0.05) is 138 Å². The summed E-state index contributed by atoms with van der Waals surface area (Å²) in [6.45, 7) is 2.05. The number of rotatable bonds is 18. The van der Waals surface area contributed by atoms with Crippen LogP contribution in [-0.4, -0.2) is 28.0 Å². The molecular formula is C27H39NaO6S2. The van der Waals surface area contributed by atoms with Gasteiger partial charge in [-0.2, -0.15) is 8.42 Å². The second kappa shape index (κ2) is 17.0. The van der Waals surface area contributed by atoms with E-state index in [-0.39, 0.29) is 47.3 Å². The van der Waals surface area contributed by atoms with Crippen molar-refractivity contribution in [3.05, 3.63) is 71.8 Å². The minimum atomic E-state index is -5.42. The zero-order chi connectivity index (χ0) is 25.6. The first-order chi connectivity index (χ1) is 16.8. The molecule has 2 aromatic rings. The Morgan fingerprint density at radius 2 is 1.00 bits per heavy atom. The van der Waals surface area contributed by atoms with Gasteiger partial charge >= 0.3 is 29.6 Å². The minimum Gasteiger partial charge on any atom is -0.746 e. The number of unbranched alkanes of at least 4 members (excludes halogenated alkanes) is 11. The van der Waals surface area contributed by atoms with E-state index in [1.807, 2.05) is 0 Å². The maximum absolute atomic E-state index is 13.4. The predicted molar refractivity (Wildman–Crippen MR) is 139 cm³/mol. The van der Waals surface area contributed by atoms with E-state index in [1.54, 1.807) is 12.1 Å². The summed E-state index contributed by atoms with van der Waals surface area (Å²) in [5, 5.41) is 0. The van der Waals surface area contributed by atoms with Crippen molar-refractivity contribution in [3.63, 3.8) is 0 Å². The van der Waals surface area contributed by atoms with Crippen molar-refractivity contribution in [2.75, 3.05) is 6.61 Å². The molecule has 9 heteroatoms. The molecule has 2 aromatic carbocycles. The molecule has 0 aromatic heterocycles. The van der Waals surface area contributed by atoms with Crippen LogP contribution in [0.15, 0.2) is 60.7 Å². The minimum absolute atomic E-state index is 0. The molecule has 0 unspecified atom stereocenters. The molecule has 0 aliphatic heterocycles. The summed E-state index contributed by atoms with van der Waals surface area (Å²) in [5.41, 5.74) is -0.313. The van der Waals surface area contributed by atoms with Crippen molar-refractivity contribution >= 4 is 20.2 Å². The molecule has 0 aliphatic rings. The van der Waals surface area contributed by atoms with Gasteiger partial charge in [0.25, 0.3) is 10.1 Å². The molecule has 6 nitrogen and oxygen atoms in total. The van der Waals surface area contributed by atoms with Gasteiger partial charge in [0, 0.05) is 0 Å².